The Morgan fingerprint density at radius 2 is 0.773 bits per heavy atom. The first-order valence-corrected chi connectivity index (χ1v) is 10.1. The minimum absolute atomic E-state index is 0. The van der Waals surface area contributed by atoms with Crippen LogP contribution in [0.15, 0.2) is 0 Å². The molecule has 1 N–H and O–H groups in total. The molecule has 0 heterocycles. The molecule has 0 spiro atoms. The fourth-order valence-corrected chi connectivity index (χ4v) is 2.97. The zero-order valence-corrected chi connectivity index (χ0v) is 15.6. The smallest absolute Gasteiger partial charge is 0.00490 e. The van der Waals surface area contributed by atoms with Crippen LogP contribution in [-0.2, 0) is 0 Å². The van der Waals surface area contributed by atoms with Gasteiger partial charge in [-0.25, -0.2) is 0 Å². The number of hydrogen-bond donors (Lipinski definition) is 1. The molecule has 22 heavy (non-hydrogen) atoms. The summed E-state index contributed by atoms with van der Waals surface area (Å²) in [6.45, 7) is 6.82. The Bertz CT molecular complexity index is 155. The summed E-state index contributed by atoms with van der Waals surface area (Å²) in [6, 6.07) is 0. The van der Waals surface area contributed by atoms with Gasteiger partial charge in [-0.1, -0.05) is 110 Å². The van der Waals surface area contributed by atoms with Crippen LogP contribution in [0, 0.1) is 0 Å². The van der Waals surface area contributed by atoms with E-state index in [9.17, 15) is 0 Å². The van der Waals surface area contributed by atoms with E-state index in [0.717, 1.165) is 6.54 Å². The molecule has 0 aromatic heterocycles. The topological polar surface area (TPSA) is 12.0 Å². The normalized spacial score (nSPS) is 10.6. The van der Waals surface area contributed by atoms with E-state index in [1.54, 1.807) is 0 Å². The largest absolute Gasteiger partial charge is 0.317 e. The second kappa shape index (κ2) is 23.2. The van der Waals surface area contributed by atoms with Crippen molar-refractivity contribution >= 4 is 0 Å². The molecule has 0 bridgehead atoms. The summed E-state index contributed by atoms with van der Waals surface area (Å²) in [4.78, 5) is 0. The highest BCUT2D eigenvalue weighted by molar-refractivity contribution is 4.50. The quantitative estimate of drug-likeness (QED) is 0.268. The molecule has 0 aromatic rings. The molecule has 2 heteroatoms. The van der Waals surface area contributed by atoms with E-state index >= 15 is 0 Å². The third kappa shape index (κ3) is 22.2. The summed E-state index contributed by atoms with van der Waals surface area (Å²) in [5.74, 6) is 0. The van der Waals surface area contributed by atoms with Crippen LogP contribution in [0.4, 0.5) is 4.70 Å². The number of rotatable bonds is 18. The zero-order valence-electron chi connectivity index (χ0n) is 15.6. The molecule has 0 fully saturated rings. The highest BCUT2D eigenvalue weighted by Gasteiger charge is 1.94. The Labute approximate surface area is 140 Å². The molecule has 0 rings (SSSR count). The third-order valence-electron chi connectivity index (χ3n) is 4.46. The van der Waals surface area contributed by atoms with Crippen molar-refractivity contribution in [2.45, 2.75) is 117 Å². The first kappa shape index (κ1) is 24.1. The maximum absolute atomic E-state index is 3.40. The van der Waals surface area contributed by atoms with Crippen LogP contribution in [-0.4, -0.2) is 13.1 Å². The van der Waals surface area contributed by atoms with Crippen molar-refractivity contribution in [1.29, 1.82) is 0 Å². The maximum Gasteiger partial charge on any atom is -0.00490 e. The lowest BCUT2D eigenvalue weighted by Gasteiger charge is -2.04. The minimum Gasteiger partial charge on any atom is -0.317 e. The van der Waals surface area contributed by atoms with E-state index in [1.165, 1.54) is 109 Å². The summed E-state index contributed by atoms with van der Waals surface area (Å²) >= 11 is 0. The molecule has 0 saturated carbocycles. The first-order valence-electron chi connectivity index (χ1n) is 10.1. The van der Waals surface area contributed by atoms with Gasteiger partial charge < -0.3 is 5.32 Å². The van der Waals surface area contributed by atoms with Crippen LogP contribution in [0.2, 0.25) is 0 Å². The van der Waals surface area contributed by atoms with E-state index in [2.05, 4.69) is 19.2 Å². The second-order valence-electron chi connectivity index (χ2n) is 6.66. The van der Waals surface area contributed by atoms with Gasteiger partial charge in [0, 0.05) is 0 Å². The lowest BCUT2D eigenvalue weighted by Crippen LogP contribution is -2.13. The van der Waals surface area contributed by atoms with Gasteiger partial charge in [-0.15, -0.1) is 0 Å². The average Bonchev–Trinajstić information content (AvgIpc) is 2.50. The molecular weight excluding hydrogens is 273 g/mol. The number of hydrogen-bond acceptors (Lipinski definition) is 1. The van der Waals surface area contributed by atoms with E-state index in [1.807, 2.05) is 0 Å². The van der Waals surface area contributed by atoms with Gasteiger partial charge in [0.2, 0.25) is 0 Å². The molecule has 0 atom stereocenters. The Morgan fingerprint density at radius 1 is 0.455 bits per heavy atom. The number of halogens is 1. The number of unbranched alkanes of at least 4 members (excludes halogenated alkanes) is 15. The average molecular weight is 318 g/mol. The highest BCUT2D eigenvalue weighted by Crippen LogP contribution is 2.13. The van der Waals surface area contributed by atoms with Crippen LogP contribution in [0.25, 0.3) is 0 Å². The van der Waals surface area contributed by atoms with Crippen molar-refractivity contribution < 1.29 is 4.70 Å². The van der Waals surface area contributed by atoms with Gasteiger partial charge in [0.1, 0.15) is 0 Å². The predicted octanol–water partition coefficient (Wildman–Crippen LogP) is 7.01. The van der Waals surface area contributed by atoms with Crippen LogP contribution in [0.3, 0.4) is 0 Å². The van der Waals surface area contributed by atoms with Crippen LogP contribution in [0.1, 0.15) is 117 Å². The molecule has 136 valence electrons. The van der Waals surface area contributed by atoms with Crippen molar-refractivity contribution in [2.75, 3.05) is 13.1 Å². The maximum atomic E-state index is 3.40. The zero-order chi connectivity index (χ0) is 15.4. The predicted molar refractivity (Wildman–Crippen MR) is 101 cm³/mol. The van der Waals surface area contributed by atoms with Gasteiger partial charge in [-0.2, -0.15) is 0 Å². The van der Waals surface area contributed by atoms with E-state index in [-0.39, 0.29) is 4.70 Å². The molecule has 0 aliphatic rings. The Hall–Kier alpha value is -0.110. The molecule has 0 aliphatic carbocycles. The molecule has 0 radical (unpaired) electrons. The van der Waals surface area contributed by atoms with Crippen molar-refractivity contribution in [2.24, 2.45) is 0 Å². The van der Waals surface area contributed by atoms with E-state index in [0.29, 0.717) is 0 Å². The van der Waals surface area contributed by atoms with Gasteiger partial charge in [-0.05, 0) is 19.5 Å². The lowest BCUT2D eigenvalue weighted by molar-refractivity contribution is 0.526. The molecule has 0 unspecified atom stereocenters. The second-order valence-corrected chi connectivity index (χ2v) is 6.66. The van der Waals surface area contributed by atoms with Gasteiger partial charge in [0.05, 0.1) is 0 Å². The fraction of sp³-hybridized carbons (Fsp3) is 1.00. The SMILES string of the molecule is CCCCCCCCCCCCCCCCCCNCC.F. The van der Waals surface area contributed by atoms with Gasteiger partial charge in [-0.3, -0.25) is 4.70 Å². The Morgan fingerprint density at radius 3 is 1.09 bits per heavy atom. The molecule has 1 nitrogen and oxygen atoms in total. The standard InChI is InChI=1S/C20H43N.FH/c1-3-5-6-7-8-9-10-11-12-13-14-15-16-17-18-19-20-21-4-2;/h21H,3-20H2,1-2H3;1H. The lowest BCUT2D eigenvalue weighted by atomic mass is 10.0. The third-order valence-corrected chi connectivity index (χ3v) is 4.46. The van der Waals surface area contributed by atoms with Crippen molar-refractivity contribution in [3.63, 3.8) is 0 Å². The van der Waals surface area contributed by atoms with Gasteiger partial charge >= 0.3 is 0 Å². The van der Waals surface area contributed by atoms with Crippen molar-refractivity contribution in [1.82, 2.24) is 5.32 Å². The fourth-order valence-electron chi connectivity index (χ4n) is 2.97. The van der Waals surface area contributed by atoms with Crippen LogP contribution < -0.4 is 5.32 Å². The van der Waals surface area contributed by atoms with E-state index in [4.69, 9.17) is 0 Å². The van der Waals surface area contributed by atoms with Crippen LogP contribution in [0.5, 0.6) is 0 Å². The summed E-state index contributed by atoms with van der Waals surface area (Å²) < 4.78 is 0. The van der Waals surface area contributed by atoms with Gasteiger partial charge in [0.25, 0.3) is 0 Å². The summed E-state index contributed by atoms with van der Waals surface area (Å²) in [5, 5.41) is 3.40. The molecular formula is C20H44FN. The summed E-state index contributed by atoms with van der Waals surface area (Å²) in [6.07, 6.45) is 23.3. The van der Waals surface area contributed by atoms with Crippen molar-refractivity contribution in [3.05, 3.63) is 0 Å². The molecule has 0 aliphatic heterocycles. The summed E-state index contributed by atoms with van der Waals surface area (Å²) in [5.41, 5.74) is 0. The molecule has 0 amide bonds. The first-order chi connectivity index (χ1) is 10.4. The highest BCUT2D eigenvalue weighted by atomic mass is 19.0. The monoisotopic (exact) mass is 317 g/mol. The Balaban J connectivity index is 0. The van der Waals surface area contributed by atoms with E-state index < -0.39 is 0 Å². The molecule has 0 aromatic carbocycles. The van der Waals surface area contributed by atoms with Crippen LogP contribution >= 0.6 is 0 Å². The minimum atomic E-state index is 0. The Kier molecular flexibility index (Phi) is 25.4. The van der Waals surface area contributed by atoms with Crippen molar-refractivity contribution in [3.8, 4) is 0 Å². The number of nitrogens with one attached hydrogen (secondary N) is 1. The van der Waals surface area contributed by atoms with Gasteiger partial charge in [0.15, 0.2) is 0 Å². The summed E-state index contributed by atoms with van der Waals surface area (Å²) in [7, 11) is 0. The molecule has 0 saturated heterocycles.